The molecule has 10 nitrogen and oxygen atoms in total. The molecule has 4 heterocycles. The number of aliphatic hydroxyl groups excluding tert-OH is 1. The molecule has 1 N–H and O–H groups in total. The molecule has 0 atom stereocenters. The number of ether oxygens (including phenoxy) is 1. The maximum atomic E-state index is 12.5. The molecule has 2 fully saturated rings. The molecule has 2 amide bonds. The summed E-state index contributed by atoms with van der Waals surface area (Å²) in [6.07, 6.45) is 7.09. The van der Waals surface area contributed by atoms with Crippen LogP contribution in [0.5, 0.6) is 5.75 Å². The van der Waals surface area contributed by atoms with Crippen molar-refractivity contribution in [3.05, 3.63) is 71.4 Å². The van der Waals surface area contributed by atoms with Crippen LogP contribution in [-0.4, -0.2) is 80.6 Å². The molecule has 2 aliphatic rings. The van der Waals surface area contributed by atoms with E-state index in [0.29, 0.717) is 60.9 Å². The van der Waals surface area contributed by atoms with Gasteiger partial charge in [-0.05, 0) is 48.7 Å². The first-order chi connectivity index (χ1) is 19.0. The summed E-state index contributed by atoms with van der Waals surface area (Å²) in [4.78, 5) is 41.1. The lowest BCUT2D eigenvalue weighted by molar-refractivity contribution is -0.135. The first-order valence-corrected chi connectivity index (χ1v) is 13.2. The Kier molecular flexibility index (Phi) is 8.08. The quantitative estimate of drug-likeness (QED) is 0.497. The fourth-order valence-electron chi connectivity index (χ4n) is 4.95. The number of likely N-dealkylation sites (tertiary alicyclic amines) is 2. The van der Waals surface area contributed by atoms with Crippen LogP contribution in [0.3, 0.4) is 0 Å². The number of rotatable bonds is 7. The van der Waals surface area contributed by atoms with E-state index in [1.165, 1.54) is 0 Å². The van der Waals surface area contributed by atoms with Crippen molar-refractivity contribution < 1.29 is 19.4 Å². The van der Waals surface area contributed by atoms with Gasteiger partial charge in [-0.3, -0.25) is 14.6 Å². The lowest BCUT2D eigenvalue weighted by atomic mass is 10.1. The van der Waals surface area contributed by atoms with Crippen molar-refractivity contribution in [3.63, 3.8) is 0 Å². The van der Waals surface area contributed by atoms with Crippen LogP contribution < -0.4 is 4.74 Å². The summed E-state index contributed by atoms with van der Waals surface area (Å²) >= 11 is 0. The number of benzene rings is 1. The third-order valence-electron chi connectivity index (χ3n) is 7.12. The van der Waals surface area contributed by atoms with E-state index in [2.05, 4.69) is 16.0 Å². The van der Waals surface area contributed by atoms with Gasteiger partial charge in [0, 0.05) is 63.4 Å². The summed E-state index contributed by atoms with van der Waals surface area (Å²) < 4.78 is 6.10. The van der Waals surface area contributed by atoms with E-state index in [1.807, 2.05) is 17.0 Å². The van der Waals surface area contributed by atoms with Crippen molar-refractivity contribution in [1.82, 2.24) is 24.8 Å². The number of piperidine rings is 1. The van der Waals surface area contributed by atoms with Crippen molar-refractivity contribution in [2.45, 2.75) is 38.2 Å². The molecule has 0 bridgehead atoms. The Morgan fingerprint density at radius 3 is 2.51 bits per heavy atom. The van der Waals surface area contributed by atoms with Crippen LogP contribution in [0.4, 0.5) is 0 Å². The summed E-state index contributed by atoms with van der Waals surface area (Å²) in [5.74, 6) is 0.800. The normalized spacial score (nSPS) is 15.7. The molecular formula is C29H30N6O4. The zero-order valence-corrected chi connectivity index (χ0v) is 21.6. The molecule has 2 saturated heterocycles. The van der Waals surface area contributed by atoms with E-state index < -0.39 is 6.61 Å². The molecular weight excluding hydrogens is 496 g/mol. The Morgan fingerprint density at radius 1 is 1.03 bits per heavy atom. The van der Waals surface area contributed by atoms with Crippen molar-refractivity contribution in [1.29, 1.82) is 5.26 Å². The molecule has 0 aliphatic carbocycles. The lowest BCUT2D eigenvalue weighted by Crippen LogP contribution is -2.42. The van der Waals surface area contributed by atoms with Gasteiger partial charge in [-0.2, -0.15) is 5.26 Å². The fraction of sp³-hybridized carbons (Fsp3) is 0.379. The van der Waals surface area contributed by atoms with Gasteiger partial charge in [-0.15, -0.1) is 0 Å². The van der Waals surface area contributed by atoms with Crippen molar-refractivity contribution >= 4 is 11.8 Å². The third-order valence-corrected chi connectivity index (χ3v) is 7.12. The van der Waals surface area contributed by atoms with Gasteiger partial charge >= 0.3 is 0 Å². The smallest absolute Gasteiger partial charge is 0.272 e. The summed E-state index contributed by atoms with van der Waals surface area (Å²) in [5.41, 5.74) is 3.22. The van der Waals surface area contributed by atoms with E-state index in [9.17, 15) is 14.9 Å². The third kappa shape index (κ3) is 6.21. The maximum Gasteiger partial charge on any atom is 0.272 e. The van der Waals surface area contributed by atoms with Crippen LogP contribution in [0.2, 0.25) is 0 Å². The molecule has 10 heteroatoms. The monoisotopic (exact) mass is 526 g/mol. The van der Waals surface area contributed by atoms with Gasteiger partial charge in [0.2, 0.25) is 5.91 Å². The highest BCUT2D eigenvalue weighted by molar-refractivity contribution is 5.92. The average molecular weight is 527 g/mol. The Labute approximate surface area is 226 Å². The predicted octanol–water partition coefficient (Wildman–Crippen LogP) is 2.60. The van der Waals surface area contributed by atoms with Crippen LogP contribution >= 0.6 is 0 Å². The van der Waals surface area contributed by atoms with E-state index in [1.54, 1.807) is 41.6 Å². The molecule has 0 radical (unpaired) electrons. The highest BCUT2D eigenvalue weighted by Gasteiger charge is 2.24. The second kappa shape index (κ2) is 12.0. The van der Waals surface area contributed by atoms with E-state index in [4.69, 9.17) is 14.8 Å². The SMILES string of the molecule is N#Cc1cc(-c2ccnc(Cc3ccc(C(=O)N4CCCC4)nc3)n2)ccc1OC1CCN(C(=O)CO)CC1. The standard InChI is InChI=1S/C29H30N6O4/c30-17-22-16-21(4-6-26(22)39-23-8-13-34(14-9-23)28(37)19-36)24-7-10-31-27(33-24)15-20-3-5-25(32-18-20)29(38)35-11-1-2-12-35/h3-7,10,16,18,23,36H,1-2,8-9,11-15,19H2. The zero-order valence-electron chi connectivity index (χ0n) is 21.6. The van der Waals surface area contributed by atoms with Gasteiger partial charge in [0.25, 0.3) is 5.91 Å². The van der Waals surface area contributed by atoms with Crippen molar-refractivity contribution in [2.75, 3.05) is 32.8 Å². The van der Waals surface area contributed by atoms with Crippen LogP contribution in [0, 0.1) is 11.3 Å². The molecule has 39 heavy (non-hydrogen) atoms. The number of nitriles is 1. The maximum absolute atomic E-state index is 12.5. The van der Waals surface area contributed by atoms with Crippen LogP contribution in [0.1, 0.15) is 53.1 Å². The number of amides is 2. The molecule has 5 rings (SSSR count). The molecule has 0 saturated carbocycles. The number of carbonyl (C=O) groups excluding carboxylic acids is 2. The topological polar surface area (TPSA) is 133 Å². The van der Waals surface area contributed by atoms with Gasteiger partial charge in [0.1, 0.15) is 36.0 Å². The Balaban J connectivity index is 1.24. The molecule has 1 aromatic carbocycles. The number of carbonyl (C=O) groups is 2. The minimum atomic E-state index is -0.487. The Bertz CT molecular complexity index is 1370. The Hall–Kier alpha value is -4.36. The number of nitrogens with zero attached hydrogens (tertiary/aromatic N) is 6. The first-order valence-electron chi connectivity index (χ1n) is 13.2. The number of hydrogen-bond donors (Lipinski definition) is 1. The van der Waals surface area contributed by atoms with Gasteiger partial charge in [-0.25, -0.2) is 9.97 Å². The summed E-state index contributed by atoms with van der Waals surface area (Å²) in [6.45, 7) is 2.12. The van der Waals surface area contributed by atoms with E-state index in [0.717, 1.165) is 37.1 Å². The Morgan fingerprint density at radius 2 is 1.82 bits per heavy atom. The average Bonchev–Trinajstić information content (AvgIpc) is 3.53. The fourth-order valence-corrected chi connectivity index (χ4v) is 4.95. The number of aromatic nitrogens is 3. The van der Waals surface area contributed by atoms with Gasteiger partial charge in [-0.1, -0.05) is 6.07 Å². The molecule has 2 aliphatic heterocycles. The minimum absolute atomic E-state index is 0.0275. The van der Waals surface area contributed by atoms with E-state index in [-0.39, 0.29) is 17.9 Å². The van der Waals surface area contributed by atoms with E-state index >= 15 is 0 Å². The highest BCUT2D eigenvalue weighted by Crippen LogP contribution is 2.28. The summed E-state index contributed by atoms with van der Waals surface area (Å²) in [7, 11) is 0. The number of aliphatic hydroxyl groups is 1. The first kappa shape index (κ1) is 26.3. The van der Waals surface area contributed by atoms with Crippen LogP contribution in [-0.2, 0) is 11.2 Å². The van der Waals surface area contributed by atoms with Gasteiger partial charge < -0.3 is 19.6 Å². The van der Waals surface area contributed by atoms with Gasteiger partial charge in [0.05, 0.1) is 11.3 Å². The highest BCUT2D eigenvalue weighted by atomic mass is 16.5. The number of hydrogen-bond acceptors (Lipinski definition) is 8. The van der Waals surface area contributed by atoms with Crippen molar-refractivity contribution in [2.24, 2.45) is 0 Å². The van der Waals surface area contributed by atoms with Crippen molar-refractivity contribution in [3.8, 4) is 23.1 Å². The zero-order chi connectivity index (χ0) is 27.2. The van der Waals surface area contributed by atoms with Crippen LogP contribution in [0.25, 0.3) is 11.3 Å². The molecule has 0 unspecified atom stereocenters. The second-order valence-corrected chi connectivity index (χ2v) is 9.76. The summed E-state index contributed by atoms with van der Waals surface area (Å²) in [5, 5.41) is 18.8. The second-order valence-electron chi connectivity index (χ2n) is 9.76. The molecule has 200 valence electrons. The lowest BCUT2D eigenvalue weighted by Gasteiger charge is -2.32. The number of pyridine rings is 1. The molecule has 0 spiro atoms. The minimum Gasteiger partial charge on any atom is -0.489 e. The molecule has 3 aromatic rings. The predicted molar refractivity (Wildman–Crippen MR) is 142 cm³/mol. The largest absolute Gasteiger partial charge is 0.489 e. The molecule has 2 aromatic heterocycles. The van der Waals surface area contributed by atoms with Crippen LogP contribution in [0.15, 0.2) is 48.8 Å². The van der Waals surface area contributed by atoms with Gasteiger partial charge in [0.15, 0.2) is 0 Å². The summed E-state index contributed by atoms with van der Waals surface area (Å²) in [6, 6.07) is 13.1.